The van der Waals surface area contributed by atoms with Crippen LogP contribution in [0.1, 0.15) is 30.4 Å². The van der Waals surface area contributed by atoms with Gasteiger partial charge in [-0.05, 0) is 42.0 Å². The molecule has 0 unspecified atom stereocenters. The Labute approximate surface area is 216 Å². The lowest BCUT2D eigenvalue weighted by molar-refractivity contribution is -0.122. The smallest absolute Gasteiger partial charge is 0.290 e. The van der Waals surface area contributed by atoms with E-state index in [9.17, 15) is 21.6 Å². The van der Waals surface area contributed by atoms with Gasteiger partial charge in [-0.15, -0.1) is 11.3 Å². The molecule has 2 aromatic carbocycles. The van der Waals surface area contributed by atoms with Crippen LogP contribution in [0.2, 0.25) is 0 Å². The molecule has 1 aliphatic carbocycles. The minimum atomic E-state index is -4.51. The summed E-state index contributed by atoms with van der Waals surface area (Å²) in [5, 5.41) is 11.1. The van der Waals surface area contributed by atoms with Crippen LogP contribution in [-0.4, -0.2) is 43.0 Å². The molecule has 3 aromatic rings. The molecule has 0 amide bonds. The van der Waals surface area contributed by atoms with Crippen LogP contribution in [0.25, 0.3) is 0 Å². The summed E-state index contributed by atoms with van der Waals surface area (Å²) in [6.45, 7) is 2.39. The second-order valence-electron chi connectivity index (χ2n) is 9.08. The number of aromatic nitrogens is 1. The second-order valence-corrected chi connectivity index (χ2v) is 11.4. The number of halogens is 3. The molecule has 2 heterocycles. The fourth-order valence-electron chi connectivity index (χ4n) is 4.76. The Kier molecular flexibility index (Phi) is 8.05. The highest BCUT2D eigenvalue weighted by Gasteiger charge is 2.46. The first kappa shape index (κ1) is 26.9. The monoisotopic (exact) mass is 554 g/mol. The van der Waals surface area contributed by atoms with Crippen molar-refractivity contribution in [1.29, 1.82) is 0 Å². The topological polar surface area (TPSA) is 112 Å². The summed E-state index contributed by atoms with van der Waals surface area (Å²) in [5.74, 6) is -2.95. The van der Waals surface area contributed by atoms with Crippen molar-refractivity contribution in [3.8, 4) is 0 Å². The average molecular weight is 555 g/mol. The highest BCUT2D eigenvalue weighted by atomic mass is 32.2. The van der Waals surface area contributed by atoms with Gasteiger partial charge >= 0.3 is 0 Å². The first-order valence-electron chi connectivity index (χ1n) is 11.4. The van der Waals surface area contributed by atoms with Gasteiger partial charge in [-0.1, -0.05) is 18.6 Å². The third-order valence-electron chi connectivity index (χ3n) is 6.55. The van der Waals surface area contributed by atoms with Crippen LogP contribution < -0.4 is 10.0 Å². The van der Waals surface area contributed by atoms with E-state index in [2.05, 4.69) is 15.2 Å². The number of nitrogens with one attached hydrogen (secondary N) is 2. The first-order chi connectivity index (χ1) is 17.7. The molecule has 37 heavy (non-hydrogen) atoms. The molecule has 3 N–H and O–H groups in total. The lowest BCUT2D eigenvalue weighted by Crippen LogP contribution is -2.59. The zero-order valence-electron chi connectivity index (χ0n) is 19.6. The van der Waals surface area contributed by atoms with Crippen molar-refractivity contribution in [2.24, 2.45) is 5.41 Å². The van der Waals surface area contributed by atoms with Gasteiger partial charge in [0.1, 0.15) is 17.5 Å². The number of carboxylic acid groups (broad SMARTS) is 1. The average Bonchev–Trinajstić information content (AvgIpc) is 3.26. The van der Waals surface area contributed by atoms with E-state index in [1.54, 1.807) is 6.07 Å². The number of anilines is 2. The van der Waals surface area contributed by atoms with Crippen molar-refractivity contribution in [1.82, 2.24) is 9.88 Å². The maximum Gasteiger partial charge on any atom is 0.290 e. The fourth-order valence-corrected chi connectivity index (χ4v) is 6.44. The highest BCUT2D eigenvalue weighted by molar-refractivity contribution is 7.92. The number of carbonyl (C=O) groups is 1. The van der Waals surface area contributed by atoms with Gasteiger partial charge in [0.15, 0.2) is 10.7 Å². The number of likely N-dealkylation sites (tertiary alicyclic amines) is 1. The maximum absolute atomic E-state index is 14.7. The van der Waals surface area contributed by atoms with Gasteiger partial charge in [-0.2, -0.15) is 0 Å². The molecule has 5 rings (SSSR count). The van der Waals surface area contributed by atoms with E-state index in [4.69, 9.17) is 9.90 Å². The summed E-state index contributed by atoms with van der Waals surface area (Å²) in [5.41, 5.74) is 3.09. The summed E-state index contributed by atoms with van der Waals surface area (Å²) >= 11 is 1.14. The quantitative estimate of drug-likeness (QED) is 0.347. The van der Waals surface area contributed by atoms with E-state index < -0.39 is 32.4 Å². The van der Waals surface area contributed by atoms with Crippen LogP contribution in [0.5, 0.6) is 0 Å². The van der Waals surface area contributed by atoms with Crippen molar-refractivity contribution in [2.75, 3.05) is 23.1 Å². The SMILES string of the molecule is O=CO.O=S(=O)(Nc1cscn1)c1c(F)cc(NCc2c(F)cccc2CN2CC3(CCC3)C2)cc1F. The van der Waals surface area contributed by atoms with Crippen molar-refractivity contribution in [3.63, 3.8) is 0 Å². The summed E-state index contributed by atoms with van der Waals surface area (Å²) in [6.07, 6.45) is 3.78. The number of hydrogen-bond acceptors (Lipinski definition) is 7. The summed E-state index contributed by atoms with van der Waals surface area (Å²) in [7, 11) is -4.51. The summed E-state index contributed by atoms with van der Waals surface area (Å²) in [6, 6.07) is 6.63. The van der Waals surface area contributed by atoms with Crippen molar-refractivity contribution in [3.05, 3.63) is 69.8 Å². The standard InChI is InChI=1S/C23H23F3N4O2S2.CH2O2/c24-18-4-1-3-15(10-30-12-23(13-30)5-2-6-23)17(18)9-27-16-7-19(25)22(20(26)8-16)34(31,32)29-21-11-33-14-28-21;2-1-3/h1,3-4,7-8,11,14,27,29H,2,5-6,9-10,12-13H2;1H,(H,2,3). The van der Waals surface area contributed by atoms with Crippen LogP contribution >= 0.6 is 11.3 Å². The number of benzene rings is 2. The highest BCUT2D eigenvalue weighted by Crippen LogP contribution is 2.48. The molecule has 1 saturated heterocycles. The van der Waals surface area contributed by atoms with Gasteiger partial charge in [0.05, 0.1) is 5.51 Å². The van der Waals surface area contributed by atoms with Crippen LogP contribution in [-0.2, 0) is 27.9 Å². The Morgan fingerprint density at radius 3 is 2.38 bits per heavy atom. The molecule has 1 aliphatic heterocycles. The lowest BCUT2D eigenvalue weighted by atomic mass is 9.63. The molecular formula is C24H25F3N4O4S2. The van der Waals surface area contributed by atoms with Crippen molar-refractivity contribution >= 4 is 39.3 Å². The Balaban J connectivity index is 0.00000102. The third-order valence-corrected chi connectivity index (χ3v) is 8.54. The Morgan fingerprint density at radius 1 is 1.14 bits per heavy atom. The molecule has 8 nitrogen and oxygen atoms in total. The molecule has 1 aromatic heterocycles. The predicted molar refractivity (Wildman–Crippen MR) is 133 cm³/mol. The van der Waals surface area contributed by atoms with E-state index >= 15 is 0 Å². The van der Waals surface area contributed by atoms with Crippen LogP contribution in [0.4, 0.5) is 24.7 Å². The predicted octanol–water partition coefficient (Wildman–Crippen LogP) is 4.66. The molecule has 2 aliphatic rings. The van der Waals surface area contributed by atoms with Crippen LogP contribution in [0.3, 0.4) is 0 Å². The first-order valence-corrected chi connectivity index (χ1v) is 13.8. The van der Waals surface area contributed by atoms with Gasteiger partial charge in [-0.25, -0.2) is 26.6 Å². The van der Waals surface area contributed by atoms with E-state index in [-0.39, 0.29) is 24.5 Å². The summed E-state index contributed by atoms with van der Waals surface area (Å²) < 4.78 is 70.8. The Hall–Kier alpha value is -3.16. The van der Waals surface area contributed by atoms with Crippen molar-refractivity contribution in [2.45, 2.75) is 37.2 Å². The van der Waals surface area contributed by atoms with Crippen LogP contribution in [0, 0.1) is 22.9 Å². The number of nitrogens with zero attached hydrogens (tertiary/aromatic N) is 2. The maximum atomic E-state index is 14.7. The number of rotatable bonds is 8. The molecule has 0 bridgehead atoms. The van der Waals surface area contributed by atoms with Gasteiger partial charge in [0.2, 0.25) is 0 Å². The number of hydrogen-bond donors (Lipinski definition) is 3. The minimum Gasteiger partial charge on any atom is -0.483 e. The Morgan fingerprint density at radius 2 is 1.81 bits per heavy atom. The van der Waals surface area contributed by atoms with Gasteiger partial charge < -0.3 is 10.4 Å². The Bertz CT molecular complexity index is 1340. The van der Waals surface area contributed by atoms with E-state index in [1.165, 1.54) is 36.2 Å². The third kappa shape index (κ3) is 6.05. The summed E-state index contributed by atoms with van der Waals surface area (Å²) in [4.78, 5) is 13.3. The number of thiazole rings is 1. The molecular weight excluding hydrogens is 529 g/mol. The van der Waals surface area contributed by atoms with Gasteiger partial charge in [0, 0.05) is 42.8 Å². The van der Waals surface area contributed by atoms with Crippen molar-refractivity contribution < 1.29 is 31.5 Å². The second kappa shape index (κ2) is 11.1. The van der Waals surface area contributed by atoms with E-state index in [0.717, 1.165) is 42.1 Å². The minimum absolute atomic E-state index is 0.00302. The fraction of sp³-hybridized carbons (Fsp3) is 0.333. The molecule has 0 atom stereocenters. The van der Waals surface area contributed by atoms with E-state index in [1.807, 2.05) is 10.8 Å². The lowest BCUT2D eigenvalue weighted by Gasteiger charge is -2.56. The number of sulfonamides is 1. The molecule has 1 saturated carbocycles. The van der Waals surface area contributed by atoms with E-state index in [0.29, 0.717) is 17.5 Å². The zero-order valence-corrected chi connectivity index (χ0v) is 21.2. The molecule has 198 valence electrons. The zero-order chi connectivity index (χ0) is 26.6. The normalized spacial score (nSPS) is 16.2. The molecule has 2 fully saturated rings. The largest absolute Gasteiger partial charge is 0.483 e. The molecule has 1 spiro atoms. The molecule has 13 heteroatoms. The van der Waals surface area contributed by atoms with Gasteiger partial charge in [0.25, 0.3) is 16.5 Å². The van der Waals surface area contributed by atoms with Crippen LogP contribution in [0.15, 0.2) is 46.1 Å². The van der Waals surface area contributed by atoms with Gasteiger partial charge in [-0.3, -0.25) is 14.4 Å². The molecule has 0 radical (unpaired) electrons.